The van der Waals surface area contributed by atoms with Gasteiger partial charge in [0.25, 0.3) is 5.92 Å². The van der Waals surface area contributed by atoms with E-state index in [0.29, 0.717) is 112 Å². The number of nitrogens with zero attached hydrogens (tertiary/aromatic N) is 7. The van der Waals surface area contributed by atoms with Gasteiger partial charge in [0.15, 0.2) is 23.1 Å². The zero-order valence-corrected chi connectivity index (χ0v) is 78.8. The first kappa shape index (κ1) is 90.2. The topological polar surface area (TPSA) is 208 Å². The van der Waals surface area contributed by atoms with Crippen molar-refractivity contribution in [2.75, 3.05) is 0 Å². The Balaban J connectivity index is 0.000000116. The van der Waals surface area contributed by atoms with Crippen LogP contribution < -0.4 is 0 Å². The molecule has 32 atom stereocenters. The molecule has 0 unspecified atom stereocenters. The number of carbonyl (C=O) groups is 4. The van der Waals surface area contributed by atoms with Crippen LogP contribution in [0.1, 0.15) is 343 Å². The minimum Gasteiger partial charge on any atom is -0.390 e. The molecule has 4 aromatic heterocycles. The standard InChI is InChI=1S/C27H40F2N2O2.C27H41NO2.2C26H40N2O2/c1-24(33)11-12-25(2)17(13-24)5-6-19-20-7-8-22(26(20,3)10-9-21(19)25)23(32)16-31-15-18(14-30-31)27(4,28)29;1-18-10-14-28(16-18)17-24(29)23-8-7-21-20-6-5-19-15-25(2,30)12-13-26(19,3)22(20)9-11-27(21,23)4;2*1-17-14-27-28(15-17)16-23(29)22-8-7-20-19-6-5-18-13-24(2,30)11-12-25(18,3)21(19)9-10-26(20,22)4/h14-15,17,19-22,33H,5-13,16H2,1-4H3;10,14,16,19-23,30H,5-9,11-13,15,17H2,1-4H3;2*14-15,18-22,30H,5-13,16H2,1-4H3/t17-,19+,20+,21+,22-,24-,25+,26+;19-,20-,21-,22-,23+,25+,26-,27-;18-,19+,20+,21+,22-,24-,25+,26+;18-,19-,20-,21-,22+,24+,25-,26-/m1010/s1. The summed E-state index contributed by atoms with van der Waals surface area (Å²) in [5, 5.41) is 55.5. The van der Waals surface area contributed by atoms with E-state index >= 15 is 0 Å². The minimum atomic E-state index is -2.94. The highest BCUT2D eigenvalue weighted by Gasteiger charge is 2.68. The van der Waals surface area contributed by atoms with Gasteiger partial charge in [-0.2, -0.15) is 15.3 Å². The first-order chi connectivity index (χ1) is 57.7. The fourth-order valence-corrected chi connectivity index (χ4v) is 35.4. The number of halogens is 2. The SMILES string of the molecule is CC(F)(F)c1cnn(CC(=O)[C@H]2CC[C@H]3[C@@H]4CC[C@@H]5C[C@](C)(O)CC[C@]5(C)[C@H]4CC[C@]23C)c1.Cc1ccn(CC(=O)[C@H]2CC[C@H]3[C@@H]4CC[C@H]5C[C@](C)(O)CC[C@]5(C)[C@H]4CC[C@]23C)c1.Cc1cnn(CC(=O)[C@H]2CC[C@H]3[C@@H]4CC[C@@H]5C[C@](C)(O)CC[C@]5(C)[C@H]4CC[C@]23C)c1.Cc1cnn(CC(=O)[C@H]2CC[C@H]3[C@@H]4CC[C@H]5C[C@](C)(O)CC[C@]5(C)[C@H]4CC[C@]23C)c1. The van der Waals surface area contributed by atoms with Crippen LogP contribution in [-0.4, -0.2) is 99.9 Å². The van der Waals surface area contributed by atoms with E-state index in [1.54, 1.807) is 0 Å². The van der Waals surface area contributed by atoms with E-state index in [0.717, 1.165) is 156 Å². The van der Waals surface area contributed by atoms with Crippen LogP contribution in [0, 0.1) is 182 Å². The summed E-state index contributed by atoms with van der Waals surface area (Å²) in [4.78, 5) is 53.4. The van der Waals surface area contributed by atoms with Crippen LogP contribution in [0.4, 0.5) is 8.78 Å². The first-order valence-electron chi connectivity index (χ1n) is 50.2. The Hall–Kier alpha value is -4.71. The Labute approximate surface area is 737 Å². The van der Waals surface area contributed by atoms with Crippen LogP contribution in [0.2, 0.25) is 0 Å². The number of Topliss-reactive ketones (excluding diaryl/α,β-unsaturated/α-hetero) is 4. The molecular formula is C106H161F2N7O8. The van der Waals surface area contributed by atoms with Crippen LogP contribution >= 0.6 is 0 Å². The highest BCUT2D eigenvalue weighted by Crippen LogP contribution is 2.74. The lowest BCUT2D eigenvalue weighted by atomic mass is 9.44. The van der Waals surface area contributed by atoms with Crippen molar-refractivity contribution in [1.29, 1.82) is 0 Å². The maximum Gasteiger partial charge on any atom is 0.273 e. The van der Waals surface area contributed by atoms with Gasteiger partial charge in [-0.15, -0.1) is 0 Å². The Morgan fingerprint density at radius 2 is 0.602 bits per heavy atom. The molecule has 15 nitrogen and oxygen atoms in total. The largest absolute Gasteiger partial charge is 0.390 e. The van der Waals surface area contributed by atoms with Crippen LogP contribution in [0.3, 0.4) is 0 Å². The summed E-state index contributed by atoms with van der Waals surface area (Å²) in [6.45, 7) is 36.5. The summed E-state index contributed by atoms with van der Waals surface area (Å²) in [5.74, 6) is 10.5. The molecular weight excluding hydrogens is 1540 g/mol. The third kappa shape index (κ3) is 16.3. The number of alkyl halides is 2. The van der Waals surface area contributed by atoms with E-state index in [-0.39, 0.29) is 63.2 Å². The molecule has 4 heterocycles. The molecule has 0 amide bonds. The van der Waals surface area contributed by atoms with Gasteiger partial charge in [0.1, 0.15) is 0 Å². The molecule has 123 heavy (non-hydrogen) atoms. The van der Waals surface area contributed by atoms with E-state index in [9.17, 15) is 48.4 Å². The van der Waals surface area contributed by atoms with E-state index in [1.807, 2.05) is 68.8 Å². The molecule has 17 heteroatoms. The van der Waals surface area contributed by atoms with Crippen molar-refractivity contribution in [2.45, 2.75) is 396 Å². The quantitative estimate of drug-likeness (QED) is 0.0990. The average molecular weight is 1700 g/mol. The average Bonchev–Trinajstić information content (AvgIpc) is 1.71. The molecule has 4 aromatic rings. The predicted octanol–water partition coefficient (Wildman–Crippen LogP) is 22.1. The Morgan fingerprint density at radius 3 is 0.854 bits per heavy atom. The van der Waals surface area contributed by atoms with Crippen molar-refractivity contribution in [3.8, 4) is 0 Å². The number of aryl methyl sites for hydroxylation is 3. The number of carbonyl (C=O) groups excluding carboxylic acids is 4. The molecule has 16 aliphatic rings. The lowest BCUT2D eigenvalue weighted by molar-refractivity contribution is -0.151. The molecule has 682 valence electrons. The summed E-state index contributed by atoms with van der Waals surface area (Å²) < 4.78 is 34.3. The molecule has 16 aliphatic carbocycles. The molecule has 20 rings (SSSR count). The zero-order valence-electron chi connectivity index (χ0n) is 78.8. The molecule has 0 spiro atoms. The third-order valence-corrected chi connectivity index (χ3v) is 42.2. The monoisotopic (exact) mass is 1700 g/mol. The van der Waals surface area contributed by atoms with Gasteiger partial charge in [-0.3, -0.25) is 33.2 Å². The van der Waals surface area contributed by atoms with E-state index in [4.69, 9.17) is 0 Å². The van der Waals surface area contributed by atoms with Gasteiger partial charge in [0, 0.05) is 61.6 Å². The Bertz CT molecular complexity index is 4200. The number of hydrogen-bond acceptors (Lipinski definition) is 11. The first-order valence-corrected chi connectivity index (χ1v) is 50.2. The van der Waals surface area contributed by atoms with Crippen LogP contribution in [0.5, 0.6) is 0 Å². The summed E-state index contributed by atoms with van der Waals surface area (Å²) in [5.41, 5.74) is 3.48. The number of rotatable bonds is 13. The lowest BCUT2D eigenvalue weighted by Gasteiger charge is -2.61. The molecule has 0 radical (unpaired) electrons. The lowest BCUT2D eigenvalue weighted by Crippen LogP contribution is -2.55. The highest BCUT2D eigenvalue weighted by atomic mass is 19.3. The number of aliphatic hydroxyl groups is 4. The fraction of sp³-hybridized carbons (Fsp3) is 0.840. The second kappa shape index (κ2) is 32.4. The predicted molar refractivity (Wildman–Crippen MR) is 478 cm³/mol. The van der Waals surface area contributed by atoms with Crippen molar-refractivity contribution in [2.24, 2.45) is 162 Å². The smallest absolute Gasteiger partial charge is 0.273 e. The van der Waals surface area contributed by atoms with Gasteiger partial charge in [0.2, 0.25) is 0 Å². The van der Waals surface area contributed by atoms with Crippen molar-refractivity contribution in [3.05, 3.63) is 77.9 Å². The van der Waals surface area contributed by atoms with Gasteiger partial charge < -0.3 is 25.0 Å². The van der Waals surface area contributed by atoms with Crippen LogP contribution in [0.15, 0.2) is 55.6 Å². The summed E-state index contributed by atoms with van der Waals surface area (Å²) in [6.07, 6.45) is 55.5. The maximum atomic E-state index is 13.6. The normalized spacial score (nSPS) is 47.2. The molecule has 0 bridgehead atoms. The van der Waals surface area contributed by atoms with Crippen molar-refractivity contribution >= 4 is 23.1 Å². The summed E-state index contributed by atoms with van der Waals surface area (Å²) in [7, 11) is 0. The summed E-state index contributed by atoms with van der Waals surface area (Å²) in [6, 6.07) is 2.10. The molecule has 4 N–H and O–H groups in total. The maximum absolute atomic E-state index is 13.6. The molecule has 0 saturated heterocycles. The van der Waals surface area contributed by atoms with E-state index in [1.165, 1.54) is 157 Å². The number of aromatic nitrogens is 7. The van der Waals surface area contributed by atoms with Gasteiger partial charge in [0.05, 0.1) is 72.7 Å². The second-order valence-corrected chi connectivity index (χ2v) is 49.6. The molecule has 16 fully saturated rings. The number of ketones is 4. The van der Waals surface area contributed by atoms with Gasteiger partial charge in [-0.25, -0.2) is 8.78 Å². The second-order valence-electron chi connectivity index (χ2n) is 49.6. The van der Waals surface area contributed by atoms with Crippen molar-refractivity contribution < 1.29 is 48.4 Å². The van der Waals surface area contributed by atoms with Crippen molar-refractivity contribution in [1.82, 2.24) is 33.9 Å². The van der Waals surface area contributed by atoms with Crippen LogP contribution in [-0.2, 0) is 51.3 Å². The Kier molecular flexibility index (Phi) is 23.8. The Morgan fingerprint density at radius 1 is 0.333 bits per heavy atom. The highest BCUT2D eigenvalue weighted by molar-refractivity contribution is 5.84. The molecule has 0 aliphatic heterocycles. The molecule has 0 aromatic carbocycles. The number of fused-ring (bicyclic) bond motifs is 20. The minimum absolute atomic E-state index is 0.00384. The van der Waals surface area contributed by atoms with Gasteiger partial charge in [-0.1, -0.05) is 55.4 Å². The van der Waals surface area contributed by atoms with Gasteiger partial charge >= 0.3 is 0 Å². The van der Waals surface area contributed by atoms with E-state index in [2.05, 4.69) is 108 Å². The van der Waals surface area contributed by atoms with E-state index < -0.39 is 28.3 Å². The number of hydrogen-bond donors (Lipinski definition) is 4. The van der Waals surface area contributed by atoms with Gasteiger partial charge in [-0.05, 0) is 440 Å². The third-order valence-electron chi connectivity index (χ3n) is 42.2. The zero-order chi connectivity index (χ0) is 87.7. The fourth-order valence-electron chi connectivity index (χ4n) is 35.4. The van der Waals surface area contributed by atoms with Crippen LogP contribution in [0.25, 0.3) is 0 Å². The summed E-state index contributed by atoms with van der Waals surface area (Å²) >= 11 is 0. The molecule has 16 saturated carbocycles. The van der Waals surface area contributed by atoms with Crippen molar-refractivity contribution in [3.63, 3.8) is 0 Å².